The Labute approximate surface area is 144 Å². The van der Waals surface area contributed by atoms with Crippen LogP contribution in [0.2, 0.25) is 0 Å². The molecule has 1 amide bonds. The summed E-state index contributed by atoms with van der Waals surface area (Å²) in [6, 6.07) is 7.47. The van der Waals surface area contributed by atoms with Crippen molar-refractivity contribution in [1.29, 1.82) is 0 Å². The molecule has 1 aromatic rings. The maximum absolute atomic E-state index is 12.6. The molecule has 1 saturated heterocycles. The van der Waals surface area contributed by atoms with E-state index in [-0.39, 0.29) is 30.0 Å². The molecule has 0 aromatic heterocycles. The van der Waals surface area contributed by atoms with E-state index in [4.69, 9.17) is 10.5 Å². The van der Waals surface area contributed by atoms with Crippen molar-refractivity contribution in [2.24, 2.45) is 11.7 Å². The number of likely N-dealkylation sites (tertiary alicyclic amines) is 1. The molecule has 5 heteroatoms. The predicted molar refractivity (Wildman–Crippen MR) is 94.2 cm³/mol. The van der Waals surface area contributed by atoms with Crippen LogP contribution in [0.5, 0.6) is 5.75 Å². The van der Waals surface area contributed by atoms with Crippen LogP contribution in [0.4, 0.5) is 0 Å². The number of hydrogen-bond donors (Lipinski definition) is 1. The molecule has 1 heterocycles. The van der Waals surface area contributed by atoms with E-state index < -0.39 is 0 Å². The van der Waals surface area contributed by atoms with E-state index in [9.17, 15) is 4.79 Å². The molecular weight excluding hydrogens is 312 g/mol. The largest absolute Gasteiger partial charge is 0.491 e. The number of hydrogen-bond acceptors (Lipinski definition) is 3. The minimum absolute atomic E-state index is 0. The zero-order valence-electron chi connectivity index (χ0n) is 14.0. The maximum atomic E-state index is 12.6. The Hall–Kier alpha value is -1.26. The quantitative estimate of drug-likeness (QED) is 0.917. The normalized spacial score (nSPS) is 20.1. The summed E-state index contributed by atoms with van der Waals surface area (Å²) in [6.45, 7) is 5.64. The number of carbonyl (C=O) groups is 1. The van der Waals surface area contributed by atoms with E-state index >= 15 is 0 Å². The third-order valence-electron chi connectivity index (χ3n) is 4.90. The molecule has 2 N–H and O–H groups in total. The fourth-order valence-corrected chi connectivity index (χ4v) is 3.34. The van der Waals surface area contributed by atoms with Crippen molar-refractivity contribution in [3.8, 4) is 5.75 Å². The molecule has 3 rings (SSSR count). The van der Waals surface area contributed by atoms with Crippen LogP contribution >= 0.6 is 12.4 Å². The van der Waals surface area contributed by atoms with Crippen molar-refractivity contribution >= 4 is 18.3 Å². The average molecular weight is 339 g/mol. The fraction of sp³-hybridized carbons (Fsp3) is 0.611. The van der Waals surface area contributed by atoms with Gasteiger partial charge in [-0.25, -0.2) is 0 Å². The summed E-state index contributed by atoms with van der Waals surface area (Å²) in [5.74, 6) is 1.53. The van der Waals surface area contributed by atoms with Crippen molar-refractivity contribution in [1.82, 2.24) is 4.90 Å². The summed E-state index contributed by atoms with van der Waals surface area (Å²) >= 11 is 0. The van der Waals surface area contributed by atoms with Gasteiger partial charge in [-0.2, -0.15) is 0 Å². The van der Waals surface area contributed by atoms with Crippen LogP contribution in [0.1, 0.15) is 49.9 Å². The summed E-state index contributed by atoms with van der Waals surface area (Å²) in [6.07, 6.45) is 4.53. The van der Waals surface area contributed by atoms with E-state index in [2.05, 4.69) is 0 Å². The number of carbonyl (C=O) groups excluding carboxylic acids is 1. The first kappa shape index (κ1) is 18.1. The van der Waals surface area contributed by atoms with Crippen LogP contribution in [-0.2, 0) is 0 Å². The molecule has 2 aliphatic rings. The van der Waals surface area contributed by atoms with Crippen LogP contribution in [0.3, 0.4) is 0 Å². The number of amides is 1. The lowest BCUT2D eigenvalue weighted by Gasteiger charge is -2.35. The van der Waals surface area contributed by atoms with Gasteiger partial charge in [-0.3, -0.25) is 4.79 Å². The van der Waals surface area contributed by atoms with E-state index in [1.54, 1.807) is 0 Å². The third-order valence-corrected chi connectivity index (χ3v) is 4.90. The van der Waals surface area contributed by atoms with Gasteiger partial charge in [0.15, 0.2) is 0 Å². The number of rotatable bonds is 4. The van der Waals surface area contributed by atoms with E-state index in [1.165, 1.54) is 0 Å². The first-order valence-corrected chi connectivity index (χ1v) is 8.33. The molecule has 0 atom stereocenters. The Morgan fingerprint density at radius 3 is 2.26 bits per heavy atom. The van der Waals surface area contributed by atoms with Crippen molar-refractivity contribution in [2.45, 2.75) is 51.2 Å². The van der Waals surface area contributed by atoms with Crippen LogP contribution in [-0.4, -0.2) is 35.5 Å². The molecule has 0 unspecified atom stereocenters. The summed E-state index contributed by atoms with van der Waals surface area (Å²) in [5.41, 5.74) is 7.12. The van der Waals surface area contributed by atoms with Crippen molar-refractivity contribution in [3.05, 3.63) is 29.8 Å². The molecule has 128 valence electrons. The number of halogens is 1. The summed E-state index contributed by atoms with van der Waals surface area (Å²) < 4.78 is 5.61. The highest BCUT2D eigenvalue weighted by atomic mass is 35.5. The van der Waals surface area contributed by atoms with Gasteiger partial charge in [-0.15, -0.1) is 12.4 Å². The zero-order chi connectivity index (χ0) is 15.7. The SMILES string of the molecule is CC(C)Oc1ccc(C(=O)N2CCC(C3(N)CC3)CC2)cc1.Cl. The van der Waals surface area contributed by atoms with E-state index in [1.807, 2.05) is 43.0 Å². The lowest BCUT2D eigenvalue weighted by atomic mass is 9.87. The van der Waals surface area contributed by atoms with Gasteiger partial charge in [0.1, 0.15) is 5.75 Å². The minimum Gasteiger partial charge on any atom is -0.491 e. The molecule has 2 fully saturated rings. The molecule has 0 radical (unpaired) electrons. The lowest BCUT2D eigenvalue weighted by Crippen LogP contribution is -2.44. The molecule has 0 spiro atoms. The van der Waals surface area contributed by atoms with Gasteiger partial charge >= 0.3 is 0 Å². The Morgan fingerprint density at radius 1 is 1.22 bits per heavy atom. The zero-order valence-corrected chi connectivity index (χ0v) is 14.8. The first-order chi connectivity index (χ1) is 10.5. The summed E-state index contributed by atoms with van der Waals surface area (Å²) in [5, 5.41) is 0. The van der Waals surface area contributed by atoms with Crippen molar-refractivity contribution < 1.29 is 9.53 Å². The van der Waals surface area contributed by atoms with Crippen molar-refractivity contribution in [2.75, 3.05) is 13.1 Å². The molecule has 0 bridgehead atoms. The Balaban J connectivity index is 0.00000192. The first-order valence-electron chi connectivity index (χ1n) is 8.33. The molecule has 23 heavy (non-hydrogen) atoms. The smallest absolute Gasteiger partial charge is 0.253 e. The Morgan fingerprint density at radius 2 is 1.78 bits per heavy atom. The minimum atomic E-state index is 0. The van der Waals surface area contributed by atoms with Crippen LogP contribution in [0, 0.1) is 5.92 Å². The van der Waals surface area contributed by atoms with Gasteiger partial charge in [0, 0.05) is 24.2 Å². The second kappa shape index (κ2) is 7.10. The van der Waals surface area contributed by atoms with Crippen LogP contribution in [0.25, 0.3) is 0 Å². The third kappa shape index (κ3) is 4.18. The highest BCUT2D eigenvalue weighted by Gasteiger charge is 2.46. The molecule has 1 aromatic carbocycles. The van der Waals surface area contributed by atoms with Crippen LogP contribution < -0.4 is 10.5 Å². The molecule has 4 nitrogen and oxygen atoms in total. The highest BCUT2D eigenvalue weighted by molar-refractivity contribution is 5.94. The predicted octanol–water partition coefficient (Wildman–Crippen LogP) is 3.24. The number of benzene rings is 1. The van der Waals surface area contributed by atoms with E-state index in [0.29, 0.717) is 5.92 Å². The van der Waals surface area contributed by atoms with Crippen LogP contribution in [0.15, 0.2) is 24.3 Å². The fourth-order valence-electron chi connectivity index (χ4n) is 3.34. The molecule has 1 aliphatic carbocycles. The summed E-state index contributed by atoms with van der Waals surface area (Å²) in [7, 11) is 0. The second-order valence-electron chi connectivity index (χ2n) is 6.99. The highest BCUT2D eigenvalue weighted by Crippen LogP contribution is 2.44. The van der Waals surface area contributed by atoms with Gasteiger partial charge in [-0.1, -0.05) is 0 Å². The lowest BCUT2D eigenvalue weighted by molar-refractivity contribution is 0.0672. The Kier molecular flexibility index (Phi) is 5.58. The van der Waals surface area contributed by atoms with Crippen molar-refractivity contribution in [3.63, 3.8) is 0 Å². The van der Waals surface area contributed by atoms with Gasteiger partial charge in [-0.05, 0) is 69.7 Å². The standard InChI is InChI=1S/C18H26N2O2.ClH/c1-13(2)22-16-5-3-14(4-6-16)17(21)20-11-7-15(8-12-20)18(19)9-10-18;/h3-6,13,15H,7-12,19H2,1-2H3;1H. The van der Waals surface area contributed by atoms with Gasteiger partial charge in [0.2, 0.25) is 0 Å². The number of piperidine rings is 1. The number of nitrogens with two attached hydrogens (primary N) is 1. The molecular formula is C18H27ClN2O2. The average Bonchev–Trinajstić information content (AvgIpc) is 3.26. The van der Waals surface area contributed by atoms with Gasteiger partial charge in [0.05, 0.1) is 6.10 Å². The molecule has 1 saturated carbocycles. The second-order valence-corrected chi connectivity index (χ2v) is 6.99. The molecule has 1 aliphatic heterocycles. The van der Waals surface area contributed by atoms with Gasteiger partial charge in [0.25, 0.3) is 5.91 Å². The summed E-state index contributed by atoms with van der Waals surface area (Å²) in [4.78, 5) is 14.5. The van der Waals surface area contributed by atoms with Gasteiger partial charge < -0.3 is 15.4 Å². The number of nitrogens with zero attached hydrogens (tertiary/aromatic N) is 1. The maximum Gasteiger partial charge on any atom is 0.253 e. The van der Waals surface area contributed by atoms with E-state index in [0.717, 1.165) is 50.1 Å². The monoisotopic (exact) mass is 338 g/mol. The number of ether oxygens (including phenoxy) is 1. The Bertz CT molecular complexity index is 532. The topological polar surface area (TPSA) is 55.6 Å².